The molecule has 1 N–H and O–H groups in total. The average Bonchev–Trinajstić information content (AvgIpc) is 2.85. The quantitative estimate of drug-likeness (QED) is 0.106. The van der Waals surface area contributed by atoms with Crippen LogP contribution in [0.1, 0.15) is 27.2 Å². The summed E-state index contributed by atoms with van der Waals surface area (Å²) in [5.41, 5.74) is 0. The van der Waals surface area contributed by atoms with Gasteiger partial charge >= 0.3 is 0 Å². The zero-order valence-electron chi connectivity index (χ0n) is 22.4. The summed E-state index contributed by atoms with van der Waals surface area (Å²) >= 11 is 0. The second-order valence-corrected chi connectivity index (χ2v) is 8.28. The van der Waals surface area contributed by atoms with Crippen LogP contribution in [-0.4, -0.2) is 122 Å². The fraction of sp³-hybridized carbons (Fsp3) is 0.800. The molecule has 11 nitrogen and oxygen atoms in total. The van der Waals surface area contributed by atoms with Crippen molar-refractivity contribution in [3.63, 3.8) is 0 Å². The zero-order valence-corrected chi connectivity index (χ0v) is 22.4. The molecule has 0 fully saturated rings. The summed E-state index contributed by atoms with van der Waals surface area (Å²) in [7, 11) is 1.64. The molecule has 0 spiro atoms. The van der Waals surface area contributed by atoms with Gasteiger partial charge in [-0.3, -0.25) is 14.4 Å². The lowest BCUT2D eigenvalue weighted by Crippen LogP contribution is -2.36. The number of nitrogens with one attached hydrogen (secondary N) is 1. The molecular formula is C25H46N2O9. The first-order valence-corrected chi connectivity index (χ1v) is 12.5. The molecule has 0 aliphatic heterocycles. The number of amides is 2. The highest BCUT2D eigenvalue weighted by molar-refractivity contribution is 5.90. The van der Waals surface area contributed by atoms with Gasteiger partial charge in [0.15, 0.2) is 0 Å². The molecule has 36 heavy (non-hydrogen) atoms. The SMILES string of the molecule is CC(C)C(C)NC(=O)CCOCCOCCOCCOCCOCCOCCN(C)C(=O)/C=C\C=O. The number of carbonyl (C=O) groups is 3. The van der Waals surface area contributed by atoms with Gasteiger partial charge in [-0.25, -0.2) is 0 Å². The molecule has 210 valence electrons. The monoisotopic (exact) mass is 518 g/mol. The molecule has 0 aromatic carbocycles. The van der Waals surface area contributed by atoms with E-state index in [0.29, 0.717) is 104 Å². The first-order chi connectivity index (χ1) is 17.4. The standard InChI is InChI=1S/C25H46N2O9/c1-22(2)23(3)26-24(29)7-10-31-12-14-33-16-18-35-20-21-36-19-17-34-15-13-32-11-8-27(4)25(30)6-5-9-28/h5-6,9,22-23H,7-8,10-21H2,1-4H3,(H,26,29)/b6-5-. The van der Waals surface area contributed by atoms with Crippen molar-refractivity contribution in [2.24, 2.45) is 5.92 Å². The van der Waals surface area contributed by atoms with Crippen LogP contribution in [-0.2, 0) is 42.8 Å². The van der Waals surface area contributed by atoms with E-state index < -0.39 is 0 Å². The summed E-state index contributed by atoms with van der Waals surface area (Å²) in [4.78, 5) is 34.9. The summed E-state index contributed by atoms with van der Waals surface area (Å²) < 4.78 is 32.5. The molecule has 0 aromatic heterocycles. The van der Waals surface area contributed by atoms with Gasteiger partial charge in [-0.05, 0) is 18.9 Å². The minimum absolute atomic E-state index is 0.00461. The number of hydrogen-bond acceptors (Lipinski definition) is 9. The van der Waals surface area contributed by atoms with Gasteiger partial charge in [0, 0.05) is 32.1 Å². The molecular weight excluding hydrogens is 472 g/mol. The number of allylic oxidation sites excluding steroid dienone is 1. The second kappa shape index (κ2) is 24.8. The van der Waals surface area contributed by atoms with Crippen molar-refractivity contribution < 1.29 is 42.8 Å². The van der Waals surface area contributed by atoms with Crippen LogP contribution in [0.2, 0.25) is 0 Å². The summed E-state index contributed by atoms with van der Waals surface area (Å²) in [6, 6.07) is 0.161. The predicted octanol–water partition coefficient (Wildman–Crippen LogP) is 0.850. The molecule has 2 amide bonds. The van der Waals surface area contributed by atoms with Gasteiger partial charge in [0.2, 0.25) is 11.8 Å². The molecule has 1 unspecified atom stereocenters. The Bertz CT molecular complexity index is 588. The van der Waals surface area contributed by atoms with E-state index in [4.69, 9.17) is 28.4 Å². The maximum atomic E-state index is 11.7. The van der Waals surface area contributed by atoms with Crippen molar-refractivity contribution in [3.05, 3.63) is 12.2 Å². The van der Waals surface area contributed by atoms with E-state index in [2.05, 4.69) is 19.2 Å². The van der Waals surface area contributed by atoms with E-state index in [9.17, 15) is 14.4 Å². The Morgan fingerprint density at radius 3 is 1.56 bits per heavy atom. The van der Waals surface area contributed by atoms with Gasteiger partial charge in [0.25, 0.3) is 0 Å². The Morgan fingerprint density at radius 2 is 1.14 bits per heavy atom. The summed E-state index contributed by atoms with van der Waals surface area (Å²) in [5, 5.41) is 2.94. The molecule has 11 heteroatoms. The van der Waals surface area contributed by atoms with Gasteiger partial charge in [0.05, 0.1) is 79.3 Å². The van der Waals surface area contributed by atoms with E-state index in [1.807, 2.05) is 6.92 Å². The minimum atomic E-state index is -0.244. The number of ether oxygens (including phenoxy) is 6. The van der Waals surface area contributed by atoms with Crippen molar-refractivity contribution in [2.75, 3.05) is 92.9 Å². The number of carbonyl (C=O) groups excluding carboxylic acids is 3. The Kier molecular flexibility index (Phi) is 23.5. The Labute approximate surface area is 215 Å². The van der Waals surface area contributed by atoms with Crippen molar-refractivity contribution in [3.8, 4) is 0 Å². The number of nitrogens with zero attached hydrogens (tertiary/aromatic N) is 1. The lowest BCUT2D eigenvalue weighted by atomic mass is 10.1. The van der Waals surface area contributed by atoms with Crippen molar-refractivity contribution in [2.45, 2.75) is 33.2 Å². The maximum Gasteiger partial charge on any atom is 0.246 e. The summed E-state index contributed by atoms with van der Waals surface area (Å²) in [6.07, 6.45) is 3.29. The van der Waals surface area contributed by atoms with Gasteiger partial charge in [-0.2, -0.15) is 0 Å². The molecule has 0 rings (SSSR count). The normalized spacial score (nSPS) is 12.2. The molecule has 0 aliphatic rings. The zero-order chi connectivity index (χ0) is 26.9. The van der Waals surface area contributed by atoms with Crippen LogP contribution in [0.25, 0.3) is 0 Å². The summed E-state index contributed by atoms with van der Waals surface area (Å²) in [5.74, 6) is 0.170. The first-order valence-electron chi connectivity index (χ1n) is 12.5. The fourth-order valence-corrected chi connectivity index (χ4v) is 2.42. The number of likely N-dealkylation sites (N-methyl/N-ethyl adjacent to an activating group) is 1. The van der Waals surface area contributed by atoms with Gasteiger partial charge in [0.1, 0.15) is 6.29 Å². The van der Waals surface area contributed by atoms with Crippen LogP contribution in [0.15, 0.2) is 12.2 Å². The molecule has 0 radical (unpaired) electrons. The third kappa shape index (κ3) is 22.6. The van der Waals surface area contributed by atoms with Crippen LogP contribution >= 0.6 is 0 Å². The molecule has 1 atom stereocenters. The molecule has 0 saturated heterocycles. The van der Waals surface area contributed by atoms with Gasteiger partial charge in [-0.15, -0.1) is 0 Å². The van der Waals surface area contributed by atoms with Crippen LogP contribution in [0.5, 0.6) is 0 Å². The third-order valence-electron chi connectivity index (χ3n) is 4.99. The Balaban J connectivity index is 3.26. The van der Waals surface area contributed by atoms with Crippen LogP contribution < -0.4 is 5.32 Å². The molecule has 0 heterocycles. The molecule has 0 saturated carbocycles. The Morgan fingerprint density at radius 1 is 0.722 bits per heavy atom. The van der Waals surface area contributed by atoms with Crippen LogP contribution in [0.4, 0.5) is 0 Å². The number of hydrogen-bond donors (Lipinski definition) is 1. The summed E-state index contributed by atoms with van der Waals surface area (Å²) in [6.45, 7) is 11.9. The molecule has 0 aromatic rings. The number of rotatable bonds is 25. The van der Waals surface area contributed by atoms with Crippen molar-refractivity contribution >= 4 is 18.1 Å². The molecule has 0 bridgehead atoms. The average molecular weight is 519 g/mol. The van der Waals surface area contributed by atoms with Gasteiger partial charge < -0.3 is 38.6 Å². The van der Waals surface area contributed by atoms with E-state index >= 15 is 0 Å². The van der Waals surface area contributed by atoms with E-state index in [0.717, 1.165) is 6.08 Å². The predicted molar refractivity (Wildman–Crippen MR) is 135 cm³/mol. The van der Waals surface area contributed by atoms with E-state index in [-0.39, 0.29) is 17.9 Å². The minimum Gasteiger partial charge on any atom is -0.379 e. The van der Waals surface area contributed by atoms with Crippen molar-refractivity contribution in [1.29, 1.82) is 0 Å². The second-order valence-electron chi connectivity index (χ2n) is 8.28. The topological polar surface area (TPSA) is 122 Å². The third-order valence-corrected chi connectivity index (χ3v) is 4.99. The van der Waals surface area contributed by atoms with Crippen molar-refractivity contribution in [1.82, 2.24) is 10.2 Å². The highest BCUT2D eigenvalue weighted by Crippen LogP contribution is 2.00. The van der Waals surface area contributed by atoms with E-state index in [1.165, 1.54) is 11.0 Å². The van der Waals surface area contributed by atoms with Gasteiger partial charge in [-0.1, -0.05) is 13.8 Å². The number of aldehydes is 1. The first kappa shape index (κ1) is 34.1. The molecule has 0 aliphatic carbocycles. The van der Waals surface area contributed by atoms with Crippen LogP contribution in [0.3, 0.4) is 0 Å². The lowest BCUT2D eigenvalue weighted by Gasteiger charge is -2.17. The van der Waals surface area contributed by atoms with Crippen LogP contribution in [0, 0.1) is 5.92 Å². The Hall–Kier alpha value is -1.89. The smallest absolute Gasteiger partial charge is 0.246 e. The highest BCUT2D eigenvalue weighted by atomic mass is 16.6. The fourth-order valence-electron chi connectivity index (χ4n) is 2.42. The lowest BCUT2D eigenvalue weighted by molar-refractivity contribution is -0.125. The maximum absolute atomic E-state index is 11.7. The highest BCUT2D eigenvalue weighted by Gasteiger charge is 2.10. The van der Waals surface area contributed by atoms with E-state index in [1.54, 1.807) is 7.05 Å². The largest absolute Gasteiger partial charge is 0.379 e.